The standard InChI is InChI=1S/C34H29NP2/c1-3-24-18-20-30-28(22-24)35-29-23-25(4-2)19-21-31(29)37(27-14-9-6-10-15-27)33-17-11-16-32(34(33)35)36(30)26-12-7-5-8-13-26/h5-23H,3-4H2,1-2H3. The third kappa shape index (κ3) is 3.60. The first-order chi connectivity index (χ1) is 18.3. The third-order valence-electron chi connectivity index (χ3n) is 7.59. The summed E-state index contributed by atoms with van der Waals surface area (Å²) in [6.07, 6.45) is 2.08. The molecule has 5 aromatic carbocycles. The van der Waals surface area contributed by atoms with Crippen LogP contribution in [0.1, 0.15) is 25.0 Å². The number of hydrogen-bond donors (Lipinski definition) is 0. The fraction of sp³-hybridized carbons (Fsp3) is 0.118. The molecule has 2 aliphatic heterocycles. The summed E-state index contributed by atoms with van der Waals surface area (Å²) in [6.45, 7) is 4.52. The molecule has 3 heteroatoms. The van der Waals surface area contributed by atoms with Crippen LogP contribution >= 0.6 is 15.8 Å². The molecule has 5 aromatic rings. The molecule has 0 radical (unpaired) electrons. The SMILES string of the molecule is CCc1ccc2c(c1)N1c3cc(CC)ccc3P(c3ccccc3)c3cccc(c31)P2c1ccccc1. The quantitative estimate of drug-likeness (QED) is 0.246. The van der Waals surface area contributed by atoms with E-state index in [0.29, 0.717) is 0 Å². The maximum absolute atomic E-state index is 2.62. The fourth-order valence-electron chi connectivity index (χ4n) is 5.76. The Kier molecular flexibility index (Phi) is 5.73. The number of fused-ring (bicyclic) bond motifs is 4. The molecule has 0 spiro atoms. The maximum Gasteiger partial charge on any atom is 0.0629 e. The number of hydrogen-bond acceptors (Lipinski definition) is 1. The number of nitrogens with zero attached hydrogens (tertiary/aromatic N) is 1. The normalized spacial score (nSPS) is 17.1. The zero-order chi connectivity index (χ0) is 24.9. The summed E-state index contributed by atoms with van der Waals surface area (Å²) in [5.74, 6) is 0. The molecular formula is C34H29NP2. The van der Waals surface area contributed by atoms with Crippen molar-refractivity contribution in [2.24, 2.45) is 0 Å². The van der Waals surface area contributed by atoms with Crippen molar-refractivity contribution in [1.29, 1.82) is 0 Å². The molecule has 0 saturated carbocycles. The lowest BCUT2D eigenvalue weighted by Gasteiger charge is -2.45. The fourth-order valence-corrected chi connectivity index (χ4v) is 11.0. The highest BCUT2D eigenvalue weighted by atomic mass is 31.1. The van der Waals surface area contributed by atoms with Crippen LogP contribution in [0.25, 0.3) is 0 Å². The van der Waals surface area contributed by atoms with Gasteiger partial charge in [-0.15, -0.1) is 0 Å². The van der Waals surface area contributed by atoms with Crippen LogP contribution in [0.15, 0.2) is 115 Å². The van der Waals surface area contributed by atoms with E-state index in [4.69, 9.17) is 0 Å². The van der Waals surface area contributed by atoms with E-state index in [9.17, 15) is 0 Å². The van der Waals surface area contributed by atoms with Crippen molar-refractivity contribution < 1.29 is 0 Å². The van der Waals surface area contributed by atoms with Crippen molar-refractivity contribution in [3.63, 3.8) is 0 Å². The highest BCUT2D eigenvalue weighted by Crippen LogP contribution is 2.54. The Morgan fingerprint density at radius 2 is 0.946 bits per heavy atom. The molecule has 1 nitrogen and oxygen atoms in total. The molecule has 0 N–H and O–H groups in total. The van der Waals surface area contributed by atoms with E-state index in [0.717, 1.165) is 12.8 Å². The first-order valence-corrected chi connectivity index (χ1v) is 15.9. The average Bonchev–Trinajstić information content (AvgIpc) is 2.97. The number of anilines is 3. The van der Waals surface area contributed by atoms with Gasteiger partial charge in [0, 0.05) is 21.2 Å². The lowest BCUT2D eigenvalue weighted by Crippen LogP contribution is -2.43. The van der Waals surface area contributed by atoms with Crippen molar-refractivity contribution in [2.45, 2.75) is 26.7 Å². The summed E-state index contributed by atoms with van der Waals surface area (Å²) < 4.78 is 0. The van der Waals surface area contributed by atoms with Crippen molar-refractivity contribution in [3.8, 4) is 0 Å². The van der Waals surface area contributed by atoms with Crippen LogP contribution in [0.4, 0.5) is 17.1 Å². The lowest BCUT2D eigenvalue weighted by atomic mass is 10.1. The van der Waals surface area contributed by atoms with Crippen LogP contribution in [0, 0.1) is 0 Å². The first-order valence-electron chi connectivity index (χ1n) is 13.2. The molecule has 180 valence electrons. The number of rotatable bonds is 4. The Morgan fingerprint density at radius 1 is 0.486 bits per heavy atom. The summed E-state index contributed by atoms with van der Waals surface area (Å²) in [6, 6.07) is 43.9. The van der Waals surface area contributed by atoms with Crippen LogP contribution in [0.3, 0.4) is 0 Å². The Labute approximate surface area is 222 Å². The van der Waals surface area contributed by atoms with Gasteiger partial charge in [0.1, 0.15) is 0 Å². The molecule has 2 heterocycles. The van der Waals surface area contributed by atoms with Crippen LogP contribution in [0.2, 0.25) is 0 Å². The van der Waals surface area contributed by atoms with Gasteiger partial charge in [0.2, 0.25) is 0 Å². The molecule has 7 rings (SSSR count). The second kappa shape index (κ2) is 9.25. The van der Waals surface area contributed by atoms with Gasteiger partial charge in [0.05, 0.1) is 17.1 Å². The van der Waals surface area contributed by atoms with Gasteiger partial charge in [-0.1, -0.05) is 117 Å². The van der Waals surface area contributed by atoms with Gasteiger partial charge in [-0.2, -0.15) is 0 Å². The van der Waals surface area contributed by atoms with E-state index in [1.54, 1.807) is 0 Å². The molecule has 0 fully saturated rings. The lowest BCUT2D eigenvalue weighted by molar-refractivity contribution is 1.13. The van der Waals surface area contributed by atoms with E-state index in [-0.39, 0.29) is 0 Å². The molecular weight excluding hydrogens is 484 g/mol. The van der Waals surface area contributed by atoms with E-state index in [2.05, 4.69) is 134 Å². The van der Waals surface area contributed by atoms with Crippen molar-refractivity contribution >= 4 is 64.7 Å². The largest absolute Gasteiger partial charge is 0.308 e. The van der Waals surface area contributed by atoms with Gasteiger partial charge in [0.25, 0.3) is 0 Å². The molecule has 0 aliphatic carbocycles. The first kappa shape index (κ1) is 22.9. The Bertz CT molecular complexity index is 1490. The van der Waals surface area contributed by atoms with E-state index in [1.807, 2.05) is 0 Å². The molecule has 2 aliphatic rings. The summed E-state index contributed by atoms with van der Waals surface area (Å²) in [7, 11) is -1.30. The second-order valence-electron chi connectivity index (χ2n) is 9.68. The molecule has 0 amide bonds. The van der Waals surface area contributed by atoms with Gasteiger partial charge < -0.3 is 4.90 Å². The summed E-state index contributed by atoms with van der Waals surface area (Å²) >= 11 is 0. The number of aryl methyl sites for hydroxylation is 2. The predicted molar refractivity (Wildman–Crippen MR) is 164 cm³/mol. The Hall–Kier alpha value is -3.24. The highest BCUT2D eigenvalue weighted by molar-refractivity contribution is 7.82. The summed E-state index contributed by atoms with van der Waals surface area (Å²) in [4.78, 5) is 2.62. The third-order valence-corrected chi connectivity index (χ3v) is 12.6. The van der Waals surface area contributed by atoms with E-state index < -0.39 is 15.8 Å². The van der Waals surface area contributed by atoms with Crippen LogP contribution in [0.5, 0.6) is 0 Å². The second-order valence-corrected chi connectivity index (χ2v) is 14.0. The van der Waals surface area contributed by atoms with Gasteiger partial charge in [-0.3, -0.25) is 0 Å². The minimum absolute atomic E-state index is 0.650. The topological polar surface area (TPSA) is 3.24 Å². The van der Waals surface area contributed by atoms with Crippen LogP contribution in [-0.2, 0) is 12.8 Å². The number of para-hydroxylation sites is 1. The van der Waals surface area contributed by atoms with Gasteiger partial charge >= 0.3 is 0 Å². The summed E-state index contributed by atoms with van der Waals surface area (Å²) in [5.41, 5.74) is 6.95. The van der Waals surface area contributed by atoms with Crippen LogP contribution < -0.4 is 36.7 Å². The molecule has 2 atom stereocenters. The molecule has 0 aromatic heterocycles. The van der Waals surface area contributed by atoms with Gasteiger partial charge in [-0.05, 0) is 62.6 Å². The maximum atomic E-state index is 2.62. The predicted octanol–water partition coefficient (Wildman–Crippen LogP) is 6.42. The minimum atomic E-state index is -0.650. The molecule has 37 heavy (non-hydrogen) atoms. The Morgan fingerprint density at radius 3 is 1.38 bits per heavy atom. The van der Waals surface area contributed by atoms with E-state index >= 15 is 0 Å². The van der Waals surface area contributed by atoms with Gasteiger partial charge in [0.15, 0.2) is 0 Å². The smallest absolute Gasteiger partial charge is 0.0629 e. The zero-order valence-electron chi connectivity index (χ0n) is 21.2. The molecule has 0 saturated heterocycles. The zero-order valence-corrected chi connectivity index (χ0v) is 23.0. The summed E-state index contributed by atoms with van der Waals surface area (Å²) in [5, 5.41) is 8.72. The Balaban J connectivity index is 1.59. The van der Waals surface area contributed by atoms with Crippen molar-refractivity contribution in [3.05, 3.63) is 126 Å². The number of benzene rings is 5. The van der Waals surface area contributed by atoms with Gasteiger partial charge in [-0.25, -0.2) is 0 Å². The minimum Gasteiger partial charge on any atom is -0.308 e. The molecule has 2 unspecified atom stereocenters. The van der Waals surface area contributed by atoms with Crippen molar-refractivity contribution in [1.82, 2.24) is 0 Å². The monoisotopic (exact) mass is 513 g/mol. The van der Waals surface area contributed by atoms with Crippen molar-refractivity contribution in [2.75, 3.05) is 4.90 Å². The van der Waals surface area contributed by atoms with E-state index in [1.165, 1.54) is 60.0 Å². The molecule has 0 bridgehead atoms. The average molecular weight is 514 g/mol. The van der Waals surface area contributed by atoms with Crippen LogP contribution in [-0.4, -0.2) is 0 Å². The highest BCUT2D eigenvalue weighted by Gasteiger charge is 2.40.